The number of methoxy groups -OCH3 is 1. The molecule has 1 aliphatic rings. The lowest BCUT2D eigenvalue weighted by Gasteiger charge is -2.24. The van der Waals surface area contributed by atoms with Crippen molar-refractivity contribution in [3.05, 3.63) is 0 Å². The van der Waals surface area contributed by atoms with E-state index in [0.29, 0.717) is 13.2 Å². The first kappa shape index (κ1) is 12.5. The first-order valence-electron chi connectivity index (χ1n) is 5.64. The third kappa shape index (κ3) is 4.62. The fourth-order valence-electron chi connectivity index (χ4n) is 1.85. The fraction of sp³-hybridized carbons (Fsp3) is 0.909. The van der Waals surface area contributed by atoms with Crippen molar-refractivity contribution in [2.75, 3.05) is 20.3 Å². The van der Waals surface area contributed by atoms with E-state index in [0.717, 1.165) is 31.6 Å². The van der Waals surface area contributed by atoms with Crippen LogP contribution in [0.4, 0.5) is 0 Å². The van der Waals surface area contributed by atoms with Gasteiger partial charge in [0.1, 0.15) is 0 Å². The van der Waals surface area contributed by atoms with Crippen LogP contribution in [0.2, 0.25) is 0 Å². The standard InChI is InChI=1S/C11H21NO3/c1-9-3-5-10(6-4-9)11(13)12-15-8-7-14-2/h9-10H,3-8H2,1-2H3,(H,12,13). The minimum atomic E-state index is 0.0259. The van der Waals surface area contributed by atoms with Gasteiger partial charge in [-0.3, -0.25) is 9.63 Å². The molecule has 0 aliphatic heterocycles. The van der Waals surface area contributed by atoms with Crippen LogP contribution in [0.25, 0.3) is 0 Å². The predicted octanol–water partition coefficient (Wildman–Crippen LogP) is 1.51. The van der Waals surface area contributed by atoms with Crippen molar-refractivity contribution < 1.29 is 14.4 Å². The average Bonchev–Trinajstić information content (AvgIpc) is 2.25. The third-order valence-corrected chi connectivity index (χ3v) is 2.95. The number of rotatable bonds is 5. The van der Waals surface area contributed by atoms with Gasteiger partial charge >= 0.3 is 0 Å². The molecule has 0 atom stereocenters. The van der Waals surface area contributed by atoms with E-state index >= 15 is 0 Å². The van der Waals surface area contributed by atoms with E-state index in [1.165, 1.54) is 0 Å². The van der Waals surface area contributed by atoms with Gasteiger partial charge in [-0.2, -0.15) is 0 Å². The molecule has 1 fully saturated rings. The van der Waals surface area contributed by atoms with Crippen LogP contribution in [0, 0.1) is 11.8 Å². The van der Waals surface area contributed by atoms with E-state index in [9.17, 15) is 4.79 Å². The summed E-state index contributed by atoms with van der Waals surface area (Å²) in [7, 11) is 1.60. The number of carbonyl (C=O) groups is 1. The highest BCUT2D eigenvalue weighted by atomic mass is 16.7. The number of hydroxylamine groups is 1. The molecular formula is C11H21NO3. The molecule has 0 bridgehead atoms. The Morgan fingerprint density at radius 1 is 1.27 bits per heavy atom. The zero-order chi connectivity index (χ0) is 11.1. The topological polar surface area (TPSA) is 47.6 Å². The quantitative estimate of drug-likeness (QED) is 0.558. The van der Waals surface area contributed by atoms with Crippen LogP contribution < -0.4 is 5.48 Å². The van der Waals surface area contributed by atoms with Gasteiger partial charge < -0.3 is 4.74 Å². The maximum absolute atomic E-state index is 11.6. The summed E-state index contributed by atoms with van der Waals surface area (Å²) < 4.78 is 4.81. The summed E-state index contributed by atoms with van der Waals surface area (Å²) >= 11 is 0. The minimum absolute atomic E-state index is 0.0259. The molecule has 0 aromatic carbocycles. The van der Waals surface area contributed by atoms with Gasteiger partial charge in [-0.25, -0.2) is 5.48 Å². The average molecular weight is 215 g/mol. The van der Waals surface area contributed by atoms with Crippen LogP contribution in [-0.2, 0) is 14.4 Å². The molecule has 4 heteroatoms. The van der Waals surface area contributed by atoms with Gasteiger partial charge in [0.05, 0.1) is 13.2 Å². The van der Waals surface area contributed by atoms with Crippen LogP contribution in [0.15, 0.2) is 0 Å². The Labute approximate surface area is 91.3 Å². The second-order valence-electron chi connectivity index (χ2n) is 4.26. The molecule has 1 rings (SSSR count). The first-order valence-corrected chi connectivity index (χ1v) is 5.64. The normalized spacial score (nSPS) is 26.3. The van der Waals surface area contributed by atoms with E-state index < -0.39 is 0 Å². The molecule has 0 spiro atoms. The van der Waals surface area contributed by atoms with Crippen LogP contribution in [0.3, 0.4) is 0 Å². The highest BCUT2D eigenvalue weighted by Gasteiger charge is 2.24. The first-order chi connectivity index (χ1) is 7.24. The van der Waals surface area contributed by atoms with E-state index in [4.69, 9.17) is 9.57 Å². The minimum Gasteiger partial charge on any atom is -0.382 e. The highest BCUT2D eigenvalue weighted by Crippen LogP contribution is 2.28. The number of amides is 1. The van der Waals surface area contributed by atoms with Gasteiger partial charge in [0.25, 0.3) is 0 Å². The Hall–Kier alpha value is -0.610. The molecule has 4 nitrogen and oxygen atoms in total. The Morgan fingerprint density at radius 2 is 1.93 bits per heavy atom. The molecule has 1 amide bonds. The van der Waals surface area contributed by atoms with Crippen molar-refractivity contribution in [2.24, 2.45) is 11.8 Å². The molecule has 0 aromatic rings. The summed E-state index contributed by atoms with van der Waals surface area (Å²) in [6.07, 6.45) is 4.27. The smallest absolute Gasteiger partial charge is 0.246 e. The van der Waals surface area contributed by atoms with Gasteiger partial charge in [0.2, 0.25) is 5.91 Å². The molecule has 0 aromatic heterocycles. The zero-order valence-electron chi connectivity index (χ0n) is 9.62. The number of nitrogens with one attached hydrogen (secondary N) is 1. The number of ether oxygens (including phenoxy) is 1. The van der Waals surface area contributed by atoms with Crippen molar-refractivity contribution in [1.82, 2.24) is 5.48 Å². The Balaban J connectivity index is 2.11. The van der Waals surface area contributed by atoms with Gasteiger partial charge in [-0.05, 0) is 31.6 Å². The Bertz CT molecular complexity index is 188. The van der Waals surface area contributed by atoms with E-state index in [1.54, 1.807) is 7.11 Å². The molecule has 88 valence electrons. The summed E-state index contributed by atoms with van der Waals surface area (Å²) in [5, 5.41) is 0. The van der Waals surface area contributed by atoms with Crippen molar-refractivity contribution in [1.29, 1.82) is 0 Å². The number of hydrogen-bond acceptors (Lipinski definition) is 3. The van der Waals surface area contributed by atoms with Crippen molar-refractivity contribution >= 4 is 5.91 Å². The summed E-state index contributed by atoms with van der Waals surface area (Å²) in [5.41, 5.74) is 2.48. The van der Waals surface area contributed by atoms with Gasteiger partial charge in [-0.1, -0.05) is 6.92 Å². The second kappa shape index (κ2) is 6.80. The maximum Gasteiger partial charge on any atom is 0.246 e. The van der Waals surface area contributed by atoms with Crippen LogP contribution >= 0.6 is 0 Å². The van der Waals surface area contributed by atoms with Gasteiger partial charge in [-0.15, -0.1) is 0 Å². The second-order valence-corrected chi connectivity index (χ2v) is 4.26. The summed E-state index contributed by atoms with van der Waals surface area (Å²) in [6.45, 7) is 3.15. The van der Waals surface area contributed by atoms with Gasteiger partial charge in [0, 0.05) is 13.0 Å². The SMILES string of the molecule is COCCONC(=O)C1CCC(C)CC1. The zero-order valence-corrected chi connectivity index (χ0v) is 9.62. The molecule has 1 aliphatic carbocycles. The van der Waals surface area contributed by atoms with E-state index in [2.05, 4.69) is 12.4 Å². The third-order valence-electron chi connectivity index (χ3n) is 2.95. The molecule has 0 saturated heterocycles. The lowest BCUT2D eigenvalue weighted by atomic mass is 9.83. The van der Waals surface area contributed by atoms with Gasteiger partial charge in [0.15, 0.2) is 0 Å². The van der Waals surface area contributed by atoms with Crippen LogP contribution in [0.1, 0.15) is 32.6 Å². The summed E-state index contributed by atoms with van der Waals surface area (Å²) in [5.74, 6) is 0.935. The van der Waals surface area contributed by atoms with Crippen LogP contribution in [-0.4, -0.2) is 26.2 Å². The molecule has 0 unspecified atom stereocenters. The lowest BCUT2D eigenvalue weighted by molar-refractivity contribution is -0.140. The molecule has 0 heterocycles. The van der Waals surface area contributed by atoms with Crippen LogP contribution in [0.5, 0.6) is 0 Å². The Kier molecular flexibility index (Phi) is 5.65. The molecule has 1 saturated carbocycles. The molecule has 0 radical (unpaired) electrons. The fourth-order valence-corrected chi connectivity index (χ4v) is 1.85. The van der Waals surface area contributed by atoms with E-state index in [-0.39, 0.29) is 11.8 Å². The van der Waals surface area contributed by atoms with Crippen molar-refractivity contribution in [3.63, 3.8) is 0 Å². The van der Waals surface area contributed by atoms with Crippen molar-refractivity contribution in [3.8, 4) is 0 Å². The maximum atomic E-state index is 11.6. The lowest BCUT2D eigenvalue weighted by Crippen LogP contribution is -2.33. The monoisotopic (exact) mass is 215 g/mol. The summed E-state index contributed by atoms with van der Waals surface area (Å²) in [6, 6.07) is 0. The Morgan fingerprint density at radius 3 is 2.53 bits per heavy atom. The van der Waals surface area contributed by atoms with E-state index in [1.807, 2.05) is 0 Å². The summed E-state index contributed by atoms with van der Waals surface area (Å²) in [4.78, 5) is 16.6. The number of hydrogen-bond donors (Lipinski definition) is 1. The predicted molar refractivity (Wildman–Crippen MR) is 57.1 cm³/mol. The molecule has 15 heavy (non-hydrogen) atoms. The molecular weight excluding hydrogens is 194 g/mol. The largest absolute Gasteiger partial charge is 0.382 e. The number of carbonyl (C=O) groups excluding carboxylic acids is 1. The molecule has 1 N–H and O–H groups in total. The highest BCUT2D eigenvalue weighted by molar-refractivity contribution is 5.77. The van der Waals surface area contributed by atoms with Crippen molar-refractivity contribution in [2.45, 2.75) is 32.6 Å².